The number of ether oxygens (including phenoxy) is 1. The number of fused-ring (bicyclic) bond motifs is 3. The van der Waals surface area contributed by atoms with E-state index in [0.29, 0.717) is 22.9 Å². The Morgan fingerprint density at radius 2 is 1.00 bits per heavy atom. The first-order valence-electron chi connectivity index (χ1n) is 24.2. The zero-order chi connectivity index (χ0) is 47.9. The Balaban J connectivity index is 0.000000190. The molecule has 0 bridgehead atoms. The molecule has 373 valence electrons. The van der Waals surface area contributed by atoms with Crippen molar-refractivity contribution in [1.82, 2.24) is 9.97 Å². The van der Waals surface area contributed by atoms with Gasteiger partial charge in [-0.25, -0.2) is 6.07 Å². The van der Waals surface area contributed by atoms with Gasteiger partial charge in [-0.1, -0.05) is 75.9 Å². The summed E-state index contributed by atoms with van der Waals surface area (Å²) in [6, 6.07) is 68.2. The van der Waals surface area contributed by atoms with Gasteiger partial charge >= 0.3 is 0 Å². The van der Waals surface area contributed by atoms with Crippen molar-refractivity contribution >= 4 is 51.2 Å². The van der Waals surface area contributed by atoms with Crippen LogP contribution in [-0.2, 0) is 46.6 Å². The summed E-state index contributed by atoms with van der Waals surface area (Å²) < 4.78 is 6.07. The molecule has 11 rings (SSSR count). The van der Waals surface area contributed by atoms with Crippen LogP contribution in [0.15, 0.2) is 164 Å². The third kappa shape index (κ3) is 11.7. The maximum atomic E-state index is 6.07. The number of anilines is 9. The summed E-state index contributed by atoms with van der Waals surface area (Å²) in [6.45, 7) is 18.5. The predicted octanol–water partition coefficient (Wildman–Crippen LogP) is 14.4. The van der Waals surface area contributed by atoms with E-state index >= 15 is 0 Å². The Kier molecular flexibility index (Phi) is 17.2. The molecule has 11 heteroatoms. The second kappa shape index (κ2) is 23.9. The Morgan fingerprint density at radius 1 is 0.486 bits per heavy atom. The van der Waals surface area contributed by atoms with E-state index in [2.05, 4.69) is 221 Å². The summed E-state index contributed by atoms with van der Waals surface area (Å²) in [7, 11) is 0. The normalized spacial score (nSPS) is 13.4. The molecule has 0 N–H and O–H groups in total. The molecule has 0 fully saturated rings. The minimum atomic E-state index is 0. The average Bonchev–Trinajstić information content (AvgIpc) is 4.09. The standard InChI is InChI=1S/C34H34N4.C27H22N4O.Ir.Pt/c1-34(2,3)27-19-21-29(22-20-27)38-26-36(31-16-8-10-18-33(31)38)24-12-11-23-35-25-37(28-13-5-4-6-14-28)32-17-9-7-15-30(32)35;1-2-3-17-30-20-31(27-13-5-4-12-26(27)30)21-9-8-10-22(18-21)32-23-14-16-29-25(19-23)24-11-6-7-15-28-24;;/h4-10,13,15-21,25-26H,11-12,23-24H2,1-3H3;4-10,12-16,20H,2-3,17H2,1H3;;/q2*-4;;. The first-order chi connectivity index (χ1) is 34.3. The van der Waals surface area contributed by atoms with Gasteiger partial charge < -0.3 is 44.1 Å². The molecule has 0 saturated carbocycles. The van der Waals surface area contributed by atoms with Gasteiger partial charge in [0.05, 0.1) is 0 Å². The quantitative estimate of drug-likeness (QED) is 0.0783. The summed E-state index contributed by atoms with van der Waals surface area (Å²) >= 11 is 0. The number of rotatable bonds is 14. The predicted molar refractivity (Wildman–Crippen MR) is 285 cm³/mol. The largest absolute Gasteiger partial charge is 0.510 e. The molecule has 0 amide bonds. The first-order valence-corrected chi connectivity index (χ1v) is 24.2. The number of unbranched alkanes of at least 4 members (excludes halogenated alkanes) is 2. The van der Waals surface area contributed by atoms with Gasteiger partial charge in [0.1, 0.15) is 0 Å². The molecule has 9 nitrogen and oxygen atoms in total. The van der Waals surface area contributed by atoms with Crippen molar-refractivity contribution in [2.24, 2.45) is 0 Å². The maximum absolute atomic E-state index is 6.07. The fourth-order valence-electron chi connectivity index (χ4n) is 8.85. The number of pyridine rings is 2. The van der Waals surface area contributed by atoms with Crippen LogP contribution in [0, 0.1) is 50.3 Å². The van der Waals surface area contributed by atoms with Crippen LogP contribution in [0.4, 0.5) is 51.2 Å². The van der Waals surface area contributed by atoms with Crippen molar-refractivity contribution < 1.29 is 45.9 Å². The van der Waals surface area contributed by atoms with E-state index < -0.39 is 0 Å². The molecule has 6 aromatic carbocycles. The van der Waals surface area contributed by atoms with Crippen LogP contribution in [0.2, 0.25) is 0 Å². The molecular weight excluding hydrogens is 1250 g/mol. The fourth-order valence-corrected chi connectivity index (χ4v) is 8.85. The number of hydrogen-bond donors (Lipinski definition) is 0. The van der Waals surface area contributed by atoms with Gasteiger partial charge in [0.2, 0.25) is 0 Å². The molecule has 0 unspecified atom stereocenters. The van der Waals surface area contributed by atoms with Gasteiger partial charge in [-0.2, -0.15) is 92.3 Å². The van der Waals surface area contributed by atoms with Crippen LogP contribution in [0.5, 0.6) is 11.5 Å². The maximum Gasteiger partial charge on any atom is 0.0326 e. The molecule has 0 spiro atoms. The molecule has 3 aliphatic rings. The van der Waals surface area contributed by atoms with Crippen LogP contribution in [0.1, 0.15) is 58.9 Å². The van der Waals surface area contributed by atoms with Crippen molar-refractivity contribution in [2.75, 3.05) is 49.0 Å². The second-order valence-electron chi connectivity index (χ2n) is 18.4. The monoisotopic (exact) mass is 1300 g/mol. The number of nitrogens with zero attached hydrogens (tertiary/aromatic N) is 8. The molecule has 2 aromatic heterocycles. The minimum Gasteiger partial charge on any atom is -0.510 e. The van der Waals surface area contributed by atoms with Crippen molar-refractivity contribution in [2.45, 2.75) is 58.8 Å². The third-order valence-corrected chi connectivity index (χ3v) is 12.5. The molecule has 1 radical (unpaired) electrons. The zero-order valence-electron chi connectivity index (χ0n) is 40.9. The van der Waals surface area contributed by atoms with Crippen molar-refractivity contribution in [3.05, 3.63) is 220 Å². The first kappa shape index (κ1) is 51.9. The number of para-hydroxylation sites is 7. The van der Waals surface area contributed by atoms with Gasteiger partial charge in [-0.15, -0.1) is 64.8 Å². The van der Waals surface area contributed by atoms with Crippen LogP contribution >= 0.6 is 0 Å². The fraction of sp³-hybridized carbons (Fsp3) is 0.197. The van der Waals surface area contributed by atoms with E-state index in [1.807, 2.05) is 36.4 Å². The molecule has 0 saturated heterocycles. The van der Waals surface area contributed by atoms with E-state index in [0.717, 1.165) is 68.1 Å². The van der Waals surface area contributed by atoms with E-state index in [9.17, 15) is 0 Å². The number of aromatic nitrogens is 2. The van der Waals surface area contributed by atoms with Gasteiger partial charge in [0, 0.05) is 86.8 Å². The van der Waals surface area contributed by atoms with Gasteiger partial charge in [-0.05, 0) is 87.7 Å². The SMILES string of the molecule is CC(C)(C)c1c[c-]c(N2[CH-]N(CCCCN3[CH-]N(c4[c-]cccc4)c4ccccc43)c3ccccc32)cc1.CCCCN1[CH-]N(c2[c-]c(Oc3[c-]c(-c4[c-]cccn4)ncc3)ccc2)c2ccccc21.[Ir].[Pt]. The Bertz CT molecular complexity index is 2990. The molecule has 5 heterocycles. The van der Waals surface area contributed by atoms with E-state index in [1.54, 1.807) is 24.5 Å². The minimum absolute atomic E-state index is 0. The summed E-state index contributed by atoms with van der Waals surface area (Å²) in [5.41, 5.74) is 13.0. The molecule has 3 aliphatic heterocycles. The Labute approximate surface area is 454 Å². The van der Waals surface area contributed by atoms with Crippen molar-refractivity contribution in [1.29, 1.82) is 0 Å². The van der Waals surface area contributed by atoms with E-state index in [-0.39, 0.29) is 46.6 Å². The van der Waals surface area contributed by atoms with Crippen LogP contribution < -0.4 is 34.1 Å². The van der Waals surface area contributed by atoms with E-state index in [1.165, 1.54) is 34.0 Å². The van der Waals surface area contributed by atoms with Crippen molar-refractivity contribution in [3.63, 3.8) is 0 Å². The van der Waals surface area contributed by atoms with Gasteiger partial charge in [0.15, 0.2) is 0 Å². The average molecular weight is 1300 g/mol. The zero-order valence-corrected chi connectivity index (χ0v) is 45.6. The van der Waals surface area contributed by atoms with Gasteiger partial charge in [0.25, 0.3) is 0 Å². The summed E-state index contributed by atoms with van der Waals surface area (Å²) in [6.07, 6.45) is 7.87. The topological polar surface area (TPSA) is 54.5 Å². The molecule has 8 aromatic rings. The second-order valence-corrected chi connectivity index (χ2v) is 18.4. The van der Waals surface area contributed by atoms with Crippen LogP contribution in [-0.4, -0.2) is 29.6 Å². The smallest absolute Gasteiger partial charge is 0.0326 e. The van der Waals surface area contributed by atoms with E-state index in [4.69, 9.17) is 4.74 Å². The summed E-state index contributed by atoms with van der Waals surface area (Å²) in [5, 5.41) is 0. The molecule has 0 aliphatic carbocycles. The number of hydrogen-bond acceptors (Lipinski definition) is 9. The van der Waals surface area contributed by atoms with Gasteiger partial charge in [-0.3, -0.25) is 0 Å². The summed E-state index contributed by atoms with van der Waals surface area (Å²) in [5.74, 6) is 1.16. The Hall–Kier alpha value is -6.44. The molecule has 72 heavy (non-hydrogen) atoms. The Morgan fingerprint density at radius 3 is 1.53 bits per heavy atom. The van der Waals surface area contributed by atoms with Crippen LogP contribution in [0.3, 0.4) is 0 Å². The van der Waals surface area contributed by atoms with Crippen LogP contribution in [0.25, 0.3) is 11.4 Å². The molecule has 0 atom stereocenters. The number of benzene rings is 6. The molecular formula is C61H56IrN8OPt-8. The van der Waals surface area contributed by atoms with Crippen molar-refractivity contribution in [3.8, 4) is 22.9 Å². The summed E-state index contributed by atoms with van der Waals surface area (Å²) in [4.78, 5) is 22.3. The third-order valence-electron chi connectivity index (χ3n) is 12.5.